The molecule has 4 aliphatic carbocycles. The molecule has 32 heavy (non-hydrogen) atoms. The quantitative estimate of drug-likeness (QED) is 0.454. The van der Waals surface area contributed by atoms with Crippen LogP contribution in [0, 0.1) is 22.7 Å². The van der Waals surface area contributed by atoms with E-state index in [-0.39, 0.29) is 29.8 Å². The second kappa shape index (κ2) is 5.67. The van der Waals surface area contributed by atoms with Crippen molar-refractivity contribution >= 4 is 0 Å². The molecule has 5 fully saturated rings. The van der Waals surface area contributed by atoms with Crippen molar-refractivity contribution in [3.63, 3.8) is 0 Å². The number of nitrogens with one attached hydrogen (secondary N) is 1. The molecule has 4 heterocycles. The number of nitrogens with zero attached hydrogens (tertiary/aromatic N) is 1. The van der Waals surface area contributed by atoms with E-state index in [1.807, 2.05) is 6.07 Å². The SMILES string of the molecule is CC1(C)CC[C@H](O)[C@]23CO[C@@](O)([C@@H](O)C12)C12c4nc(-c5ccco5)[nH]c4[C@H](CCC13)[C@H]2O. The smallest absolute Gasteiger partial charge is 0.206 e. The second-order valence-electron chi connectivity index (χ2n) is 11.4. The van der Waals surface area contributed by atoms with Gasteiger partial charge in [-0.3, -0.25) is 0 Å². The molecule has 4 bridgehead atoms. The molecule has 8 rings (SSSR count). The van der Waals surface area contributed by atoms with E-state index in [9.17, 15) is 20.4 Å². The van der Waals surface area contributed by atoms with E-state index >= 15 is 0 Å². The van der Waals surface area contributed by atoms with Crippen LogP contribution in [-0.2, 0) is 10.2 Å². The minimum atomic E-state index is -1.99. The maximum Gasteiger partial charge on any atom is 0.206 e. The highest BCUT2D eigenvalue weighted by molar-refractivity contribution is 5.55. The lowest BCUT2D eigenvalue weighted by atomic mass is 9.35. The summed E-state index contributed by atoms with van der Waals surface area (Å²) in [6.07, 6.45) is 1.49. The Morgan fingerprint density at radius 1 is 1.12 bits per heavy atom. The molecule has 0 aromatic carbocycles. The summed E-state index contributed by atoms with van der Waals surface area (Å²) in [4.78, 5) is 8.19. The Morgan fingerprint density at radius 3 is 2.69 bits per heavy atom. The van der Waals surface area contributed by atoms with Gasteiger partial charge in [0.2, 0.25) is 5.79 Å². The number of aromatic amines is 1. The lowest BCUT2D eigenvalue weighted by molar-refractivity contribution is -0.449. The van der Waals surface area contributed by atoms with Crippen LogP contribution in [0.25, 0.3) is 11.6 Å². The number of rotatable bonds is 1. The normalized spacial score (nSPS) is 50.1. The Labute approximate surface area is 185 Å². The van der Waals surface area contributed by atoms with Crippen LogP contribution < -0.4 is 0 Å². The number of H-pyrrole nitrogens is 1. The fraction of sp³-hybridized carbons (Fsp3) is 0.708. The first-order valence-electron chi connectivity index (χ1n) is 11.7. The van der Waals surface area contributed by atoms with Crippen LogP contribution in [0.2, 0.25) is 0 Å². The van der Waals surface area contributed by atoms with Crippen molar-refractivity contribution in [1.29, 1.82) is 0 Å². The molecule has 9 atom stereocenters. The van der Waals surface area contributed by atoms with E-state index in [1.54, 1.807) is 12.3 Å². The molecule has 2 spiro atoms. The van der Waals surface area contributed by atoms with Crippen molar-refractivity contribution < 1.29 is 29.6 Å². The average molecular weight is 443 g/mol. The zero-order valence-electron chi connectivity index (χ0n) is 18.3. The number of fused-ring (bicyclic) bond motifs is 4. The summed E-state index contributed by atoms with van der Waals surface area (Å²) in [5.74, 6) is -1.74. The molecule has 8 heteroatoms. The third kappa shape index (κ3) is 1.80. The van der Waals surface area contributed by atoms with E-state index in [2.05, 4.69) is 18.8 Å². The molecule has 2 aliphatic heterocycles. The first-order valence-corrected chi connectivity index (χ1v) is 11.7. The molecule has 3 unspecified atom stereocenters. The van der Waals surface area contributed by atoms with Crippen molar-refractivity contribution in [2.75, 3.05) is 6.61 Å². The van der Waals surface area contributed by atoms with Crippen LogP contribution in [0.15, 0.2) is 22.8 Å². The van der Waals surface area contributed by atoms with Crippen LogP contribution in [0.5, 0.6) is 0 Å². The van der Waals surface area contributed by atoms with Crippen molar-refractivity contribution in [2.24, 2.45) is 22.7 Å². The van der Waals surface area contributed by atoms with E-state index in [0.717, 1.165) is 18.5 Å². The molecule has 8 nitrogen and oxygen atoms in total. The number of ether oxygens (including phenoxy) is 1. The lowest BCUT2D eigenvalue weighted by Gasteiger charge is -2.75. The van der Waals surface area contributed by atoms with Crippen LogP contribution >= 0.6 is 0 Å². The molecule has 0 amide bonds. The lowest BCUT2D eigenvalue weighted by Crippen LogP contribution is -2.86. The fourth-order valence-electron chi connectivity index (χ4n) is 8.92. The van der Waals surface area contributed by atoms with Crippen molar-refractivity contribution in [3.05, 3.63) is 29.8 Å². The van der Waals surface area contributed by atoms with E-state index in [4.69, 9.17) is 14.1 Å². The highest BCUT2D eigenvalue weighted by Gasteiger charge is 2.85. The summed E-state index contributed by atoms with van der Waals surface area (Å²) in [7, 11) is 0. The number of aromatic nitrogens is 2. The fourth-order valence-corrected chi connectivity index (χ4v) is 8.92. The van der Waals surface area contributed by atoms with Gasteiger partial charge in [0.15, 0.2) is 11.6 Å². The summed E-state index contributed by atoms with van der Waals surface area (Å²) in [5, 5.41) is 47.1. The predicted molar refractivity (Wildman–Crippen MR) is 111 cm³/mol. The number of imidazole rings is 1. The van der Waals surface area contributed by atoms with Gasteiger partial charge < -0.3 is 34.6 Å². The zero-order valence-corrected chi connectivity index (χ0v) is 18.3. The minimum Gasteiger partial charge on any atom is -0.461 e. The van der Waals surface area contributed by atoms with E-state index in [0.29, 0.717) is 30.1 Å². The standard InChI is InChI=1S/C24H30N2O6/c1-21(2)8-7-14(27)22-10-32-24(30,19(29)16(21)22)23-13(22)6-5-11(18(23)28)15-17(23)26-20(25-15)12-4-3-9-31-12/h3-4,9,11,13-14,16,18-19,27-30H,5-8,10H2,1-2H3,(H,25,26)/t11-,13?,14-,16?,18+,19-,22+,23?,24-/m0/s1. The monoisotopic (exact) mass is 442 g/mol. The molecule has 6 aliphatic rings. The van der Waals surface area contributed by atoms with Gasteiger partial charge in [0, 0.05) is 22.9 Å². The van der Waals surface area contributed by atoms with Crippen molar-refractivity contribution in [3.8, 4) is 11.6 Å². The Hall–Kier alpha value is -1.71. The molecule has 2 aromatic rings. The summed E-state index contributed by atoms with van der Waals surface area (Å²) in [6, 6.07) is 3.59. The Balaban J connectivity index is 1.51. The van der Waals surface area contributed by atoms with Gasteiger partial charge in [0.25, 0.3) is 0 Å². The van der Waals surface area contributed by atoms with Crippen LogP contribution in [0.4, 0.5) is 0 Å². The molecule has 3 saturated carbocycles. The van der Waals surface area contributed by atoms with Gasteiger partial charge in [0.1, 0.15) is 11.5 Å². The number of furan rings is 1. The van der Waals surface area contributed by atoms with E-state index in [1.165, 1.54) is 0 Å². The van der Waals surface area contributed by atoms with Gasteiger partial charge in [0.05, 0.1) is 30.8 Å². The first-order chi connectivity index (χ1) is 15.2. The first kappa shape index (κ1) is 19.7. The molecule has 172 valence electrons. The van der Waals surface area contributed by atoms with Gasteiger partial charge in [-0.25, -0.2) is 4.98 Å². The number of hydrogen-bond acceptors (Lipinski definition) is 7. The van der Waals surface area contributed by atoms with Gasteiger partial charge in [-0.1, -0.05) is 13.8 Å². The van der Waals surface area contributed by atoms with Crippen LogP contribution in [0.3, 0.4) is 0 Å². The molecule has 0 radical (unpaired) electrons. The van der Waals surface area contributed by atoms with Crippen molar-refractivity contribution in [1.82, 2.24) is 9.97 Å². The highest BCUT2D eigenvalue weighted by Crippen LogP contribution is 2.76. The van der Waals surface area contributed by atoms with Crippen molar-refractivity contribution in [2.45, 2.75) is 75.0 Å². The summed E-state index contributed by atoms with van der Waals surface area (Å²) in [6.45, 7) is 4.39. The third-order valence-corrected chi connectivity index (χ3v) is 10.0. The minimum absolute atomic E-state index is 0.171. The van der Waals surface area contributed by atoms with Gasteiger partial charge in [-0.2, -0.15) is 0 Å². The predicted octanol–water partition coefficient (Wildman–Crippen LogP) is 1.65. The molecular weight excluding hydrogens is 412 g/mol. The Bertz CT molecular complexity index is 1100. The molecule has 2 saturated heterocycles. The molecule has 2 aromatic heterocycles. The van der Waals surface area contributed by atoms with Crippen LogP contribution in [0.1, 0.15) is 56.8 Å². The summed E-state index contributed by atoms with van der Waals surface area (Å²) in [5.41, 5.74) is -1.02. The second-order valence-corrected chi connectivity index (χ2v) is 11.4. The Morgan fingerprint density at radius 2 is 1.94 bits per heavy atom. The molecule has 5 N–H and O–H groups in total. The average Bonchev–Trinajstić information content (AvgIpc) is 3.45. The number of hydrogen-bond donors (Lipinski definition) is 5. The maximum atomic E-state index is 12.2. The maximum absolute atomic E-state index is 12.2. The van der Waals surface area contributed by atoms with Crippen LogP contribution in [-0.4, -0.2) is 61.1 Å². The summed E-state index contributed by atoms with van der Waals surface area (Å²) < 4.78 is 11.7. The number of aliphatic hydroxyl groups excluding tert-OH is 3. The zero-order chi connectivity index (χ0) is 22.3. The highest BCUT2D eigenvalue weighted by atomic mass is 16.6. The van der Waals surface area contributed by atoms with E-state index < -0.39 is 34.9 Å². The summed E-state index contributed by atoms with van der Waals surface area (Å²) >= 11 is 0. The third-order valence-electron chi connectivity index (χ3n) is 10.0. The van der Waals surface area contributed by atoms with Gasteiger partial charge >= 0.3 is 0 Å². The van der Waals surface area contributed by atoms with Gasteiger partial charge in [-0.15, -0.1) is 0 Å². The molecular formula is C24H30N2O6. The Kier molecular flexibility index (Phi) is 3.50. The topological polar surface area (TPSA) is 132 Å². The number of aliphatic hydroxyl groups is 4. The largest absolute Gasteiger partial charge is 0.461 e. The van der Waals surface area contributed by atoms with Gasteiger partial charge in [-0.05, 0) is 49.1 Å².